The monoisotopic (exact) mass is 652 g/mol. The molecule has 0 spiro atoms. The molecule has 3 aromatic rings. The first-order chi connectivity index (χ1) is 22.3. The van der Waals surface area contributed by atoms with Crippen LogP contribution in [-0.2, 0) is 9.53 Å². The van der Waals surface area contributed by atoms with Gasteiger partial charge in [0.15, 0.2) is 5.54 Å². The number of pyridine rings is 1. The van der Waals surface area contributed by atoms with Gasteiger partial charge in [-0.2, -0.15) is 4.98 Å². The van der Waals surface area contributed by atoms with E-state index < -0.39 is 5.54 Å². The lowest BCUT2D eigenvalue weighted by Crippen LogP contribution is -2.58. The average Bonchev–Trinajstić information content (AvgIpc) is 3.09. The minimum absolute atomic E-state index is 0.167. The number of hydrogen-bond acceptors (Lipinski definition) is 8. The number of hydrogen-bond donors (Lipinski definition) is 2. The van der Waals surface area contributed by atoms with Crippen LogP contribution in [-0.4, -0.2) is 67.9 Å². The number of nitrogens with two attached hydrogens (primary N) is 1. The molecule has 0 fully saturated rings. The molecule has 1 heterocycles. The van der Waals surface area contributed by atoms with Crippen molar-refractivity contribution in [3.8, 4) is 23.3 Å². The van der Waals surface area contributed by atoms with Crippen LogP contribution in [0.1, 0.15) is 73.4 Å². The molecule has 47 heavy (non-hydrogen) atoms. The molecule has 0 aliphatic rings. The van der Waals surface area contributed by atoms with Crippen molar-refractivity contribution in [3.05, 3.63) is 71.8 Å². The Bertz CT molecular complexity index is 1280. The second-order valence-corrected chi connectivity index (χ2v) is 9.79. The molecule has 0 aliphatic heterocycles. The van der Waals surface area contributed by atoms with Crippen molar-refractivity contribution in [2.45, 2.75) is 81.7 Å². The second kappa shape index (κ2) is 23.7. The zero-order valence-corrected chi connectivity index (χ0v) is 31.5. The Labute approximate surface area is 284 Å². The summed E-state index contributed by atoms with van der Waals surface area (Å²) in [6.07, 6.45) is 0. The molecule has 0 amide bonds. The first-order valence-electron chi connectivity index (χ1n) is 16.1. The van der Waals surface area contributed by atoms with E-state index >= 15 is 0 Å². The fraction of sp³-hybridized carbons (Fsp3) is 0.459. The van der Waals surface area contributed by atoms with Crippen LogP contribution in [0, 0.1) is 19.3 Å². The topological polar surface area (TPSA) is 126 Å². The van der Waals surface area contributed by atoms with Gasteiger partial charge in [-0.25, -0.2) is 4.79 Å². The lowest BCUT2D eigenvalue weighted by Gasteiger charge is -2.42. The molecule has 0 aliphatic carbocycles. The Morgan fingerprint density at radius 3 is 1.53 bits per heavy atom. The van der Waals surface area contributed by atoms with Crippen molar-refractivity contribution in [2.75, 3.05) is 39.7 Å². The number of nitrogens with zero attached hydrogens (tertiary/aromatic N) is 4. The Kier molecular flexibility index (Phi) is 22.4. The molecule has 3 N–H and O–H groups in total. The van der Waals surface area contributed by atoms with Crippen LogP contribution in [0.5, 0.6) is 23.3 Å². The zero-order chi connectivity index (χ0) is 36.7. The molecule has 1 atom stereocenters. The first kappa shape index (κ1) is 44.5. The van der Waals surface area contributed by atoms with E-state index in [1.165, 1.54) is 14.0 Å². The number of carbonyl (C=O) groups is 1. The van der Waals surface area contributed by atoms with Gasteiger partial charge < -0.3 is 29.7 Å². The predicted octanol–water partition coefficient (Wildman–Crippen LogP) is 8.65. The minimum Gasteiger partial charge on any atom is -0.467 e. The van der Waals surface area contributed by atoms with Gasteiger partial charge in [-0.05, 0) is 58.9 Å². The molecule has 3 rings (SSSR count). The summed E-state index contributed by atoms with van der Waals surface area (Å²) >= 11 is 0. The predicted molar refractivity (Wildman–Crippen MR) is 199 cm³/mol. The Hall–Kier alpha value is -4.60. The summed E-state index contributed by atoms with van der Waals surface area (Å²) in [6, 6.07) is 18.9. The van der Waals surface area contributed by atoms with Crippen molar-refractivity contribution in [3.63, 3.8) is 0 Å². The van der Waals surface area contributed by atoms with Gasteiger partial charge in [0.25, 0.3) is 0 Å². The summed E-state index contributed by atoms with van der Waals surface area (Å²) < 4.78 is 17.7. The van der Waals surface area contributed by atoms with Crippen molar-refractivity contribution < 1.29 is 19.0 Å². The molecular formula is C37H60N6O4. The van der Waals surface area contributed by atoms with E-state index in [1.807, 2.05) is 154 Å². The number of likely N-dealkylation sites (N-methyl/N-ethyl adjacent to an activating group) is 2. The number of esters is 1. The highest BCUT2D eigenvalue weighted by Gasteiger charge is 2.42. The number of rotatable bonds is 9. The lowest BCUT2D eigenvalue weighted by atomic mass is 9.96. The van der Waals surface area contributed by atoms with E-state index in [0.717, 1.165) is 22.6 Å². The molecule has 2 aromatic carbocycles. The number of ether oxygens (including phenoxy) is 3. The number of benzene rings is 2. The third kappa shape index (κ3) is 13.7. The highest BCUT2D eigenvalue weighted by Crippen LogP contribution is 2.41. The van der Waals surface area contributed by atoms with Gasteiger partial charge in [0.05, 0.1) is 31.0 Å². The lowest BCUT2D eigenvalue weighted by molar-refractivity contribution is -0.146. The maximum Gasteiger partial charge on any atom is 0.333 e. The molecule has 0 bridgehead atoms. The Balaban J connectivity index is 0. The average molecular weight is 653 g/mol. The summed E-state index contributed by atoms with van der Waals surface area (Å²) in [6.45, 7) is 21.5. The highest BCUT2D eigenvalue weighted by molar-refractivity contribution is 5.88. The number of anilines is 1. The highest BCUT2D eigenvalue weighted by atomic mass is 16.5. The van der Waals surface area contributed by atoms with Gasteiger partial charge in [-0.1, -0.05) is 77.9 Å². The fourth-order valence-electron chi connectivity index (χ4n) is 4.17. The van der Waals surface area contributed by atoms with Crippen molar-refractivity contribution in [2.24, 2.45) is 10.7 Å². The number of carbonyl (C=O) groups excluding carboxylic acids is 1. The molecule has 0 radical (unpaired) electrons. The number of amidine groups is 2. The second-order valence-electron chi connectivity index (χ2n) is 9.79. The van der Waals surface area contributed by atoms with Gasteiger partial charge in [0, 0.05) is 32.3 Å². The summed E-state index contributed by atoms with van der Waals surface area (Å²) in [7, 11) is 6.90. The molecule has 1 unspecified atom stereocenters. The number of para-hydroxylation sites is 2. The third-order valence-corrected chi connectivity index (χ3v) is 6.59. The maximum atomic E-state index is 13.3. The number of aromatic nitrogens is 1. The minimum atomic E-state index is -1.07. The normalized spacial score (nSPS) is 11.1. The van der Waals surface area contributed by atoms with Crippen LogP contribution < -0.4 is 20.1 Å². The van der Waals surface area contributed by atoms with Crippen LogP contribution in [0.25, 0.3) is 0 Å². The quantitative estimate of drug-likeness (QED) is 0.134. The van der Waals surface area contributed by atoms with E-state index in [9.17, 15) is 4.79 Å². The standard InChI is InChI=1S/C29H36N4O4.C2H6N2.3C2H6/c1-20-25(33(7)29(4,28(34)35-8)19-32(6)22(3)30-5)21(2)27(37-24-17-13-10-14-18-24)31-26(20)36-23-15-11-9-12-16-23;1-2(3)4;3*1-2/h9-18H,19H2,1-8H3;1H3,(H3,3,4);3*1-2H3. The summed E-state index contributed by atoms with van der Waals surface area (Å²) in [5.74, 6) is 2.65. The third-order valence-electron chi connectivity index (χ3n) is 6.59. The summed E-state index contributed by atoms with van der Waals surface area (Å²) in [4.78, 5) is 26.1. The van der Waals surface area contributed by atoms with E-state index in [1.54, 1.807) is 7.05 Å². The molecule has 262 valence electrons. The van der Waals surface area contributed by atoms with E-state index in [0.29, 0.717) is 29.8 Å². The Morgan fingerprint density at radius 2 is 1.21 bits per heavy atom. The molecule has 10 heteroatoms. The molecule has 0 saturated heterocycles. The maximum absolute atomic E-state index is 13.3. The largest absolute Gasteiger partial charge is 0.467 e. The van der Waals surface area contributed by atoms with Crippen molar-refractivity contribution in [1.82, 2.24) is 9.88 Å². The number of methoxy groups -OCH3 is 1. The SMILES string of the molecule is CC.CC.CC.CC(=N)N.CN=C(C)N(C)CC(C)(C(=O)OC)N(C)c1c(C)c(Oc2ccccc2)nc(Oc2ccccc2)c1C. The summed E-state index contributed by atoms with van der Waals surface area (Å²) in [5, 5.41) is 6.28. The number of aliphatic imine (C=N–C) groups is 1. The fourth-order valence-corrected chi connectivity index (χ4v) is 4.17. The van der Waals surface area contributed by atoms with E-state index in [4.69, 9.17) is 30.3 Å². The van der Waals surface area contributed by atoms with Crippen LogP contribution in [0.15, 0.2) is 65.7 Å². The van der Waals surface area contributed by atoms with Crippen LogP contribution in [0.4, 0.5) is 5.69 Å². The van der Waals surface area contributed by atoms with Gasteiger partial charge in [0.1, 0.15) is 11.5 Å². The Morgan fingerprint density at radius 1 is 0.851 bits per heavy atom. The van der Waals surface area contributed by atoms with Crippen LogP contribution in [0.3, 0.4) is 0 Å². The van der Waals surface area contributed by atoms with Crippen LogP contribution in [0.2, 0.25) is 0 Å². The first-order valence-corrected chi connectivity index (χ1v) is 16.1. The molecule has 1 aromatic heterocycles. The van der Waals surface area contributed by atoms with Crippen molar-refractivity contribution in [1.29, 1.82) is 5.41 Å². The molecule has 0 saturated carbocycles. The van der Waals surface area contributed by atoms with Gasteiger partial charge in [-0.15, -0.1) is 0 Å². The molecular weight excluding hydrogens is 592 g/mol. The van der Waals surface area contributed by atoms with Crippen LogP contribution >= 0.6 is 0 Å². The van der Waals surface area contributed by atoms with Gasteiger partial charge in [-0.3, -0.25) is 10.4 Å². The molecule has 10 nitrogen and oxygen atoms in total. The van der Waals surface area contributed by atoms with E-state index in [2.05, 4.69) is 4.99 Å². The van der Waals surface area contributed by atoms with Crippen molar-refractivity contribution >= 4 is 23.3 Å². The summed E-state index contributed by atoms with van der Waals surface area (Å²) in [5.41, 5.74) is 5.92. The van der Waals surface area contributed by atoms with Gasteiger partial charge >= 0.3 is 5.97 Å². The smallest absolute Gasteiger partial charge is 0.333 e. The zero-order valence-electron chi connectivity index (χ0n) is 31.5. The van der Waals surface area contributed by atoms with Gasteiger partial charge in [0.2, 0.25) is 11.8 Å². The number of nitrogens with one attached hydrogen (secondary N) is 1. The van der Waals surface area contributed by atoms with E-state index in [-0.39, 0.29) is 11.8 Å².